The molecule has 0 saturated heterocycles. The molecule has 2 aromatic carbocycles. The molecule has 0 atom stereocenters. The van der Waals surface area contributed by atoms with Gasteiger partial charge in [0.1, 0.15) is 5.57 Å². The van der Waals surface area contributed by atoms with Crippen LogP contribution in [-0.2, 0) is 4.79 Å². The van der Waals surface area contributed by atoms with Gasteiger partial charge in [-0.05, 0) is 42.8 Å². The molecule has 0 unspecified atom stereocenters. The van der Waals surface area contributed by atoms with Crippen molar-refractivity contribution >= 4 is 52.2 Å². The number of hydrogen-bond donors (Lipinski definition) is 2. The Morgan fingerprint density at radius 1 is 1.03 bits per heavy atom. The average molecular weight is 428 g/mol. The predicted octanol–water partition coefficient (Wildman–Crippen LogP) is 2.24. The van der Waals surface area contributed by atoms with E-state index < -0.39 is 17.2 Å². The van der Waals surface area contributed by atoms with Gasteiger partial charge in [-0.1, -0.05) is 41.4 Å². The van der Waals surface area contributed by atoms with E-state index in [0.717, 1.165) is 0 Å². The van der Waals surface area contributed by atoms with Crippen LogP contribution < -0.4 is 21.0 Å². The summed E-state index contributed by atoms with van der Waals surface area (Å²) in [6.07, 6.45) is 1.52. The molecule has 0 aliphatic carbocycles. The molecule has 1 aromatic heterocycles. The quantitative estimate of drug-likeness (QED) is 0.657. The largest absolute Gasteiger partial charge is 0.308 e. The minimum Gasteiger partial charge on any atom is -0.308 e. The summed E-state index contributed by atoms with van der Waals surface area (Å²) in [5, 5.41) is 6.21. The van der Waals surface area contributed by atoms with Crippen molar-refractivity contribution in [1.29, 1.82) is 0 Å². The first kappa shape index (κ1) is 19.2. The highest BCUT2D eigenvalue weighted by atomic mass is 35.5. The number of amides is 1. The van der Waals surface area contributed by atoms with Gasteiger partial charge in [-0.3, -0.25) is 24.6 Å². The normalized spacial score (nSPS) is 16.4. The van der Waals surface area contributed by atoms with Crippen molar-refractivity contribution in [3.8, 4) is 0 Å². The van der Waals surface area contributed by atoms with E-state index in [0.29, 0.717) is 33.4 Å². The first-order chi connectivity index (χ1) is 13.9. The number of nitrogens with one attached hydrogen (secondary N) is 2. The number of H-pyrrole nitrogens is 2. The highest BCUT2D eigenvalue weighted by molar-refractivity contribution is 6.51. The van der Waals surface area contributed by atoms with E-state index >= 15 is 0 Å². The third-order valence-corrected chi connectivity index (χ3v) is 5.33. The molecule has 3 aromatic rings. The Labute approximate surface area is 175 Å². The van der Waals surface area contributed by atoms with Gasteiger partial charge in [0, 0.05) is 22.2 Å². The van der Waals surface area contributed by atoms with E-state index in [-0.39, 0.29) is 16.1 Å². The van der Waals surface area contributed by atoms with Gasteiger partial charge >= 0.3 is 0 Å². The summed E-state index contributed by atoms with van der Waals surface area (Å²) in [5.41, 5.74) is 0.923. The van der Waals surface area contributed by atoms with Crippen molar-refractivity contribution in [3.63, 3.8) is 0 Å². The van der Waals surface area contributed by atoms with Crippen LogP contribution in [0.1, 0.15) is 22.8 Å². The molecule has 8 heteroatoms. The Morgan fingerprint density at radius 3 is 2.52 bits per heavy atom. The molecular weight excluding hydrogens is 413 g/mol. The van der Waals surface area contributed by atoms with Gasteiger partial charge in [-0.2, -0.15) is 0 Å². The minimum absolute atomic E-state index is 0.0970. The summed E-state index contributed by atoms with van der Waals surface area (Å²) in [5.74, 6) is -0.911. The maximum absolute atomic E-state index is 13.1. The molecule has 2 heterocycles. The van der Waals surface area contributed by atoms with E-state index in [1.54, 1.807) is 42.5 Å². The molecule has 0 bridgehead atoms. The Hall–Kier alpha value is -3.09. The van der Waals surface area contributed by atoms with Gasteiger partial charge in [-0.25, -0.2) is 0 Å². The predicted molar refractivity (Wildman–Crippen MR) is 113 cm³/mol. The molecular formula is C21H15Cl2N3O3. The molecule has 146 valence electrons. The van der Waals surface area contributed by atoms with Crippen LogP contribution in [0.4, 0.5) is 5.69 Å². The standard InChI is InChI=1S/C21H15Cl2N3O3/c1-2-26-16-6-4-3-5-13(16)19(27)17(21(26)29)18-14(20(28)25-24-18)9-11-7-8-12(22)10-15(11)23/h3-10,24H,2H2,1H3,(H,25,28). The van der Waals surface area contributed by atoms with Gasteiger partial charge in [0.05, 0.1) is 16.3 Å². The number of fused-ring (bicyclic) bond motifs is 1. The number of halogens is 2. The molecule has 1 aliphatic rings. The number of carbonyl (C=O) groups excluding carboxylic acids is 2. The molecule has 1 aliphatic heterocycles. The number of Topliss-reactive ketones (excluding diaryl/α,β-unsaturated/α-hetero) is 1. The molecule has 6 nitrogen and oxygen atoms in total. The van der Waals surface area contributed by atoms with Crippen molar-refractivity contribution in [1.82, 2.24) is 10.2 Å². The second-order valence-electron chi connectivity index (χ2n) is 6.45. The van der Waals surface area contributed by atoms with Gasteiger partial charge in [-0.15, -0.1) is 0 Å². The summed E-state index contributed by atoms with van der Waals surface area (Å²) >= 11 is 12.1. The minimum atomic E-state index is -0.471. The van der Waals surface area contributed by atoms with Crippen molar-refractivity contribution in [2.45, 2.75) is 6.92 Å². The lowest BCUT2D eigenvalue weighted by molar-refractivity contribution is -0.113. The fourth-order valence-electron chi connectivity index (χ4n) is 3.39. The summed E-state index contributed by atoms with van der Waals surface area (Å²) in [7, 11) is 0. The Kier molecular flexibility index (Phi) is 4.90. The number of hydrogen-bond acceptors (Lipinski definition) is 3. The zero-order valence-electron chi connectivity index (χ0n) is 15.3. The highest BCUT2D eigenvalue weighted by Crippen LogP contribution is 2.29. The molecule has 0 saturated carbocycles. The van der Waals surface area contributed by atoms with Crippen LogP contribution in [0.15, 0.2) is 47.3 Å². The third kappa shape index (κ3) is 3.20. The lowest BCUT2D eigenvalue weighted by atomic mass is 9.94. The lowest BCUT2D eigenvalue weighted by Crippen LogP contribution is -2.45. The number of aromatic nitrogens is 2. The van der Waals surface area contributed by atoms with Crippen LogP contribution in [0, 0.1) is 0 Å². The molecule has 2 N–H and O–H groups in total. The van der Waals surface area contributed by atoms with Crippen LogP contribution in [-0.4, -0.2) is 28.4 Å². The van der Waals surface area contributed by atoms with Gasteiger partial charge in [0.15, 0.2) is 0 Å². The van der Waals surface area contributed by atoms with E-state index in [2.05, 4.69) is 10.2 Å². The number of para-hydroxylation sites is 1. The number of anilines is 1. The molecule has 1 amide bonds. The Balaban J connectivity index is 2.05. The van der Waals surface area contributed by atoms with Crippen molar-refractivity contribution < 1.29 is 9.59 Å². The fourth-order valence-corrected chi connectivity index (χ4v) is 3.85. The van der Waals surface area contributed by atoms with Gasteiger partial charge < -0.3 is 4.90 Å². The number of ketones is 1. The summed E-state index contributed by atoms with van der Waals surface area (Å²) in [6.45, 7) is 2.20. The van der Waals surface area contributed by atoms with Crippen molar-refractivity contribution in [2.24, 2.45) is 0 Å². The van der Waals surface area contributed by atoms with E-state index in [9.17, 15) is 14.4 Å². The van der Waals surface area contributed by atoms with Gasteiger partial charge in [0.2, 0.25) is 5.78 Å². The summed E-state index contributed by atoms with van der Waals surface area (Å²) in [6, 6.07) is 11.7. The fraction of sp³-hybridized carbons (Fsp3) is 0.0952. The number of rotatable bonds is 2. The van der Waals surface area contributed by atoms with Crippen molar-refractivity contribution in [3.05, 3.63) is 84.6 Å². The van der Waals surface area contributed by atoms with E-state index in [1.165, 1.54) is 11.0 Å². The zero-order valence-corrected chi connectivity index (χ0v) is 16.8. The van der Waals surface area contributed by atoms with Gasteiger partial charge in [0.25, 0.3) is 11.5 Å². The molecule has 0 radical (unpaired) electrons. The molecule has 0 fully saturated rings. The maximum atomic E-state index is 13.1. The van der Waals surface area contributed by atoms with E-state index in [1.807, 2.05) is 6.92 Å². The number of aromatic amines is 2. The smallest absolute Gasteiger partial charge is 0.271 e. The van der Waals surface area contributed by atoms with Crippen LogP contribution in [0.3, 0.4) is 0 Å². The number of nitrogens with zero attached hydrogens (tertiary/aromatic N) is 1. The zero-order chi connectivity index (χ0) is 20.7. The summed E-state index contributed by atoms with van der Waals surface area (Å²) < 4.78 is 0. The second kappa shape index (κ2) is 7.39. The Morgan fingerprint density at radius 2 is 1.79 bits per heavy atom. The van der Waals surface area contributed by atoms with Crippen LogP contribution in [0.2, 0.25) is 10.0 Å². The molecule has 29 heavy (non-hydrogen) atoms. The topological polar surface area (TPSA) is 86.0 Å². The first-order valence-corrected chi connectivity index (χ1v) is 9.61. The SMILES string of the molecule is CCN1C(=O)C(=c2[nH][nH]c(=O)c2=Cc2ccc(Cl)cc2Cl)C(=O)c2ccccc21. The average Bonchev–Trinajstić information content (AvgIpc) is 3.05. The van der Waals surface area contributed by atoms with Crippen LogP contribution in [0.5, 0.6) is 0 Å². The first-order valence-electron chi connectivity index (χ1n) is 8.85. The molecule has 4 rings (SSSR count). The monoisotopic (exact) mass is 427 g/mol. The number of carbonyl (C=O) groups is 2. The lowest BCUT2D eigenvalue weighted by Gasteiger charge is -2.28. The Bertz CT molecular complexity index is 1340. The highest BCUT2D eigenvalue weighted by Gasteiger charge is 2.35. The molecule has 0 spiro atoms. The second-order valence-corrected chi connectivity index (χ2v) is 7.29. The van der Waals surface area contributed by atoms with Crippen LogP contribution in [0.25, 0.3) is 11.6 Å². The summed E-state index contributed by atoms with van der Waals surface area (Å²) in [4.78, 5) is 40.2. The third-order valence-electron chi connectivity index (χ3n) is 4.77. The van der Waals surface area contributed by atoms with E-state index in [4.69, 9.17) is 23.2 Å². The maximum Gasteiger partial charge on any atom is 0.271 e. The van der Waals surface area contributed by atoms with Crippen LogP contribution >= 0.6 is 23.2 Å². The number of benzene rings is 2. The van der Waals surface area contributed by atoms with Crippen molar-refractivity contribution in [2.75, 3.05) is 11.4 Å².